The number of rotatable bonds is 4. The predicted molar refractivity (Wildman–Crippen MR) is 82.3 cm³/mol. The number of hydrogen-bond donors (Lipinski definition) is 0. The molecule has 1 aliphatic heterocycles. The zero-order chi connectivity index (χ0) is 13.6. The van der Waals surface area contributed by atoms with Gasteiger partial charge in [-0.25, -0.2) is 0 Å². The Morgan fingerprint density at radius 3 is 2.35 bits per heavy atom. The first-order valence-corrected chi connectivity index (χ1v) is 7.72. The Bertz CT molecular complexity index is 577. The van der Waals surface area contributed by atoms with Crippen LogP contribution in [0.5, 0.6) is 0 Å². The van der Waals surface area contributed by atoms with Crippen molar-refractivity contribution in [1.29, 1.82) is 0 Å². The monoisotopic (exact) mass is 283 g/mol. The van der Waals surface area contributed by atoms with E-state index in [0.717, 1.165) is 23.7 Å². The summed E-state index contributed by atoms with van der Waals surface area (Å²) in [6.07, 6.45) is 2.44. The second kappa shape index (κ2) is 6.57. The minimum atomic E-state index is 0.938. The maximum absolute atomic E-state index is 4.41. The van der Waals surface area contributed by atoms with Gasteiger partial charge in [0.15, 0.2) is 0 Å². The number of nitrogens with zero attached hydrogens (tertiary/aromatic N) is 3. The summed E-state index contributed by atoms with van der Waals surface area (Å²) in [7, 11) is 0. The summed E-state index contributed by atoms with van der Waals surface area (Å²) >= 11 is 1.72. The van der Waals surface area contributed by atoms with Crippen LogP contribution in [0.4, 0.5) is 5.69 Å². The van der Waals surface area contributed by atoms with Crippen molar-refractivity contribution in [2.45, 2.75) is 22.6 Å². The molecule has 0 saturated carbocycles. The summed E-state index contributed by atoms with van der Waals surface area (Å²) in [4.78, 5) is 2.36. The van der Waals surface area contributed by atoms with Crippen molar-refractivity contribution in [2.24, 2.45) is 10.3 Å². The lowest BCUT2D eigenvalue weighted by molar-refractivity contribution is 0.336. The number of benzene rings is 2. The standard InChI is InChI=1S/C16H17N3S/c1-2-8-14(9-3-1)20-16-11-5-4-10-15(16)17-18-19-12-6-7-13-19/h1-5,8-11H,6-7,12-13H2. The first kappa shape index (κ1) is 13.2. The minimum absolute atomic E-state index is 0.938. The maximum atomic E-state index is 4.41. The number of hydrogen-bond acceptors (Lipinski definition) is 3. The van der Waals surface area contributed by atoms with E-state index in [1.807, 2.05) is 29.3 Å². The molecule has 1 heterocycles. The summed E-state index contributed by atoms with van der Waals surface area (Å²) in [6, 6.07) is 18.5. The quantitative estimate of drug-likeness (QED) is 0.744. The molecular weight excluding hydrogens is 266 g/mol. The molecule has 1 fully saturated rings. The third kappa shape index (κ3) is 3.39. The predicted octanol–water partition coefficient (Wildman–Crippen LogP) is 4.93. The molecule has 102 valence electrons. The molecule has 0 radical (unpaired) electrons. The Morgan fingerprint density at radius 2 is 1.55 bits per heavy atom. The van der Waals surface area contributed by atoms with Crippen LogP contribution < -0.4 is 0 Å². The smallest absolute Gasteiger partial charge is 0.101 e. The molecule has 0 spiro atoms. The molecule has 3 rings (SSSR count). The van der Waals surface area contributed by atoms with E-state index in [2.05, 4.69) is 40.7 Å². The molecule has 0 N–H and O–H groups in total. The van der Waals surface area contributed by atoms with Gasteiger partial charge < -0.3 is 0 Å². The van der Waals surface area contributed by atoms with Gasteiger partial charge in [-0.05, 0) is 37.1 Å². The Labute approximate surface area is 123 Å². The Kier molecular flexibility index (Phi) is 4.33. The van der Waals surface area contributed by atoms with E-state index in [0.29, 0.717) is 0 Å². The highest BCUT2D eigenvalue weighted by Gasteiger charge is 2.09. The average molecular weight is 283 g/mol. The topological polar surface area (TPSA) is 28.0 Å². The molecule has 0 unspecified atom stereocenters. The molecule has 0 aliphatic carbocycles. The third-order valence-corrected chi connectivity index (χ3v) is 4.27. The third-order valence-electron chi connectivity index (χ3n) is 3.20. The molecule has 0 bridgehead atoms. The molecular formula is C16H17N3S. The molecule has 1 saturated heterocycles. The van der Waals surface area contributed by atoms with E-state index in [1.54, 1.807) is 11.8 Å². The van der Waals surface area contributed by atoms with Crippen LogP contribution in [0.25, 0.3) is 0 Å². The van der Waals surface area contributed by atoms with E-state index in [4.69, 9.17) is 0 Å². The summed E-state index contributed by atoms with van der Waals surface area (Å²) in [5, 5.41) is 10.8. The van der Waals surface area contributed by atoms with E-state index in [9.17, 15) is 0 Å². The van der Waals surface area contributed by atoms with Gasteiger partial charge in [-0.2, -0.15) is 0 Å². The van der Waals surface area contributed by atoms with Gasteiger partial charge in [0.1, 0.15) is 5.69 Å². The van der Waals surface area contributed by atoms with Crippen LogP contribution >= 0.6 is 11.8 Å². The molecule has 0 atom stereocenters. The van der Waals surface area contributed by atoms with Crippen molar-refractivity contribution < 1.29 is 0 Å². The van der Waals surface area contributed by atoms with Crippen molar-refractivity contribution in [2.75, 3.05) is 13.1 Å². The second-order valence-electron chi connectivity index (χ2n) is 4.73. The highest BCUT2D eigenvalue weighted by Crippen LogP contribution is 2.35. The molecule has 1 aliphatic rings. The molecule has 2 aromatic carbocycles. The van der Waals surface area contributed by atoms with Gasteiger partial charge in [-0.1, -0.05) is 47.3 Å². The van der Waals surface area contributed by atoms with Crippen molar-refractivity contribution in [3.63, 3.8) is 0 Å². The lowest BCUT2D eigenvalue weighted by atomic mass is 10.3. The summed E-state index contributed by atoms with van der Waals surface area (Å²) < 4.78 is 0. The molecule has 0 amide bonds. The lowest BCUT2D eigenvalue weighted by Crippen LogP contribution is -2.09. The highest BCUT2D eigenvalue weighted by atomic mass is 32.2. The Hall–Kier alpha value is -1.81. The Morgan fingerprint density at radius 1 is 0.850 bits per heavy atom. The highest BCUT2D eigenvalue weighted by molar-refractivity contribution is 7.99. The molecule has 2 aromatic rings. The summed E-state index contributed by atoms with van der Waals surface area (Å²) in [6.45, 7) is 2.05. The summed E-state index contributed by atoms with van der Waals surface area (Å²) in [5.74, 6) is 0. The van der Waals surface area contributed by atoms with E-state index in [1.165, 1.54) is 17.7 Å². The molecule has 20 heavy (non-hydrogen) atoms. The van der Waals surface area contributed by atoms with Crippen LogP contribution in [0, 0.1) is 0 Å². The molecule has 0 aromatic heterocycles. The Balaban J connectivity index is 1.77. The van der Waals surface area contributed by atoms with Crippen molar-refractivity contribution in [3.8, 4) is 0 Å². The van der Waals surface area contributed by atoms with Crippen LogP contribution in [0.15, 0.2) is 74.7 Å². The van der Waals surface area contributed by atoms with E-state index >= 15 is 0 Å². The zero-order valence-corrected chi connectivity index (χ0v) is 12.1. The van der Waals surface area contributed by atoms with Crippen LogP contribution in [0.2, 0.25) is 0 Å². The molecule has 3 nitrogen and oxygen atoms in total. The SMILES string of the molecule is c1ccc(Sc2ccccc2N=NN2CCCC2)cc1. The van der Waals surface area contributed by atoms with Crippen LogP contribution in [0.1, 0.15) is 12.8 Å². The summed E-state index contributed by atoms with van der Waals surface area (Å²) in [5.41, 5.74) is 0.938. The normalized spacial score (nSPS) is 15.1. The van der Waals surface area contributed by atoms with Gasteiger partial charge in [0, 0.05) is 22.9 Å². The first-order valence-electron chi connectivity index (χ1n) is 6.90. The van der Waals surface area contributed by atoms with Gasteiger partial charge in [-0.3, -0.25) is 5.01 Å². The second-order valence-corrected chi connectivity index (χ2v) is 5.85. The van der Waals surface area contributed by atoms with Crippen LogP contribution in [0.3, 0.4) is 0 Å². The largest absolute Gasteiger partial charge is 0.278 e. The fourth-order valence-electron chi connectivity index (χ4n) is 2.14. The fourth-order valence-corrected chi connectivity index (χ4v) is 3.05. The molecule has 4 heteroatoms. The van der Waals surface area contributed by atoms with Gasteiger partial charge in [0.2, 0.25) is 0 Å². The van der Waals surface area contributed by atoms with Crippen LogP contribution in [-0.4, -0.2) is 18.1 Å². The minimum Gasteiger partial charge on any atom is -0.278 e. The van der Waals surface area contributed by atoms with Crippen molar-refractivity contribution >= 4 is 17.4 Å². The van der Waals surface area contributed by atoms with Gasteiger partial charge in [0.05, 0.1) is 0 Å². The first-order chi connectivity index (χ1) is 9.92. The van der Waals surface area contributed by atoms with E-state index < -0.39 is 0 Å². The van der Waals surface area contributed by atoms with Gasteiger partial charge >= 0.3 is 0 Å². The lowest BCUT2D eigenvalue weighted by Gasteiger charge is -2.08. The van der Waals surface area contributed by atoms with Crippen molar-refractivity contribution in [3.05, 3.63) is 54.6 Å². The average Bonchev–Trinajstić information content (AvgIpc) is 3.01. The fraction of sp³-hybridized carbons (Fsp3) is 0.250. The van der Waals surface area contributed by atoms with Crippen molar-refractivity contribution in [1.82, 2.24) is 5.01 Å². The van der Waals surface area contributed by atoms with Crippen LogP contribution in [-0.2, 0) is 0 Å². The zero-order valence-electron chi connectivity index (χ0n) is 11.3. The van der Waals surface area contributed by atoms with Gasteiger partial charge in [0.25, 0.3) is 0 Å². The van der Waals surface area contributed by atoms with E-state index in [-0.39, 0.29) is 0 Å². The van der Waals surface area contributed by atoms with Gasteiger partial charge in [-0.15, -0.1) is 5.11 Å². The maximum Gasteiger partial charge on any atom is 0.101 e.